The summed E-state index contributed by atoms with van der Waals surface area (Å²) in [5.74, 6) is -0.219. The van der Waals surface area contributed by atoms with Crippen molar-refractivity contribution >= 4 is 23.3 Å². The molecular weight excluding hydrogens is 420 g/mol. The zero-order chi connectivity index (χ0) is 22.3. The number of hydrogen-bond donors (Lipinski definition) is 1. The summed E-state index contributed by atoms with van der Waals surface area (Å²) < 4.78 is 1.37. The van der Waals surface area contributed by atoms with Crippen LogP contribution in [0.2, 0.25) is 0 Å². The van der Waals surface area contributed by atoms with Gasteiger partial charge < -0.3 is 5.32 Å². The minimum absolute atomic E-state index is 0.215. The fourth-order valence-corrected chi connectivity index (χ4v) is 4.19. The Hall–Kier alpha value is -3.84. The van der Waals surface area contributed by atoms with Crippen LogP contribution in [0.3, 0.4) is 0 Å². The van der Waals surface area contributed by atoms with Crippen molar-refractivity contribution in [2.75, 3.05) is 6.54 Å². The molecule has 0 radical (unpaired) electrons. The number of amides is 1. The van der Waals surface area contributed by atoms with Gasteiger partial charge in [0.2, 0.25) is 5.91 Å². The van der Waals surface area contributed by atoms with E-state index in [9.17, 15) is 9.59 Å². The average Bonchev–Trinajstić information content (AvgIpc) is 3.22. The summed E-state index contributed by atoms with van der Waals surface area (Å²) in [5.41, 5.74) is 3.34. The lowest BCUT2D eigenvalue weighted by molar-refractivity contribution is -0.116. The van der Waals surface area contributed by atoms with E-state index in [1.807, 2.05) is 67.6 Å². The Labute approximate surface area is 189 Å². The molecule has 4 aromatic rings. The van der Waals surface area contributed by atoms with Crippen molar-refractivity contribution in [2.45, 2.75) is 13.5 Å². The Bertz CT molecular complexity index is 1290. The zero-order valence-corrected chi connectivity index (χ0v) is 18.4. The third-order valence-corrected chi connectivity index (χ3v) is 6.00. The van der Waals surface area contributed by atoms with Gasteiger partial charge in [-0.05, 0) is 24.6 Å². The van der Waals surface area contributed by atoms with E-state index in [-0.39, 0.29) is 18.0 Å². The van der Waals surface area contributed by atoms with E-state index in [0.717, 1.165) is 26.7 Å². The van der Waals surface area contributed by atoms with Crippen LogP contribution in [0.15, 0.2) is 83.7 Å². The molecule has 0 aliphatic rings. The standard InChI is InChI=1S/C25H22N4O2S/c1-18-24(32-25(27-18)20-10-6-3-7-11-20)21-13-15-23(31)29(28-21)17-16-26-22(30)14-12-19-8-4-2-5-9-19/h2-15H,16-17H2,1H3,(H,26,30). The average molecular weight is 443 g/mol. The first-order chi connectivity index (χ1) is 15.6. The van der Waals surface area contributed by atoms with Gasteiger partial charge in [0.05, 0.1) is 17.1 Å². The molecule has 0 unspecified atom stereocenters. The molecule has 0 bridgehead atoms. The van der Waals surface area contributed by atoms with Gasteiger partial charge in [-0.2, -0.15) is 5.10 Å². The Morgan fingerprint density at radius 3 is 2.50 bits per heavy atom. The molecule has 1 N–H and O–H groups in total. The molecule has 160 valence electrons. The minimum atomic E-state index is -0.219. The quantitative estimate of drug-likeness (QED) is 0.436. The van der Waals surface area contributed by atoms with E-state index in [2.05, 4.69) is 15.4 Å². The maximum Gasteiger partial charge on any atom is 0.266 e. The van der Waals surface area contributed by atoms with Crippen LogP contribution in [0, 0.1) is 6.92 Å². The van der Waals surface area contributed by atoms with Crippen LogP contribution in [0.4, 0.5) is 0 Å². The number of aromatic nitrogens is 3. The predicted octanol–water partition coefficient (Wildman–Crippen LogP) is 4.17. The molecule has 0 atom stereocenters. The maximum absolute atomic E-state index is 12.3. The molecule has 0 saturated carbocycles. The first-order valence-electron chi connectivity index (χ1n) is 10.2. The number of thiazole rings is 1. The summed E-state index contributed by atoms with van der Waals surface area (Å²) in [5, 5.41) is 8.21. The van der Waals surface area contributed by atoms with Gasteiger partial charge in [-0.1, -0.05) is 60.7 Å². The summed E-state index contributed by atoms with van der Waals surface area (Å²) in [7, 11) is 0. The highest BCUT2D eigenvalue weighted by atomic mass is 32.1. The Balaban J connectivity index is 1.43. The number of benzene rings is 2. The largest absolute Gasteiger partial charge is 0.351 e. The molecule has 1 amide bonds. The van der Waals surface area contributed by atoms with Crippen LogP contribution < -0.4 is 10.9 Å². The minimum Gasteiger partial charge on any atom is -0.351 e. The van der Waals surface area contributed by atoms with Crippen LogP contribution in [-0.4, -0.2) is 27.2 Å². The van der Waals surface area contributed by atoms with E-state index in [4.69, 9.17) is 0 Å². The third kappa shape index (κ3) is 5.25. The number of nitrogens with one attached hydrogen (secondary N) is 1. The molecule has 4 rings (SSSR count). The molecule has 7 heteroatoms. The smallest absolute Gasteiger partial charge is 0.266 e. The maximum atomic E-state index is 12.3. The van der Waals surface area contributed by atoms with Crippen molar-refractivity contribution in [1.29, 1.82) is 0 Å². The van der Waals surface area contributed by atoms with Gasteiger partial charge in [0.25, 0.3) is 5.56 Å². The number of carbonyl (C=O) groups excluding carboxylic acids is 1. The molecule has 0 aliphatic heterocycles. The molecule has 0 fully saturated rings. The Morgan fingerprint density at radius 1 is 1.03 bits per heavy atom. The Morgan fingerprint density at radius 2 is 1.75 bits per heavy atom. The lowest BCUT2D eigenvalue weighted by atomic mass is 10.2. The second-order valence-corrected chi connectivity index (χ2v) is 8.11. The summed E-state index contributed by atoms with van der Waals surface area (Å²) in [6.45, 7) is 2.51. The molecule has 0 aliphatic carbocycles. The van der Waals surface area contributed by atoms with Crippen molar-refractivity contribution in [3.8, 4) is 21.1 Å². The highest BCUT2D eigenvalue weighted by Gasteiger charge is 2.13. The fraction of sp³-hybridized carbons (Fsp3) is 0.120. The van der Waals surface area contributed by atoms with Gasteiger partial charge >= 0.3 is 0 Å². The molecule has 6 nitrogen and oxygen atoms in total. The second kappa shape index (κ2) is 9.98. The molecule has 0 saturated heterocycles. The van der Waals surface area contributed by atoms with Crippen LogP contribution in [0.1, 0.15) is 11.3 Å². The van der Waals surface area contributed by atoms with E-state index in [1.54, 1.807) is 23.5 Å². The third-order valence-electron chi connectivity index (χ3n) is 4.77. The highest BCUT2D eigenvalue weighted by molar-refractivity contribution is 7.18. The van der Waals surface area contributed by atoms with Crippen LogP contribution in [-0.2, 0) is 11.3 Å². The van der Waals surface area contributed by atoms with Crippen molar-refractivity contribution in [1.82, 2.24) is 20.1 Å². The fourth-order valence-electron chi connectivity index (χ4n) is 3.15. The van der Waals surface area contributed by atoms with Crippen LogP contribution in [0.5, 0.6) is 0 Å². The van der Waals surface area contributed by atoms with Gasteiger partial charge in [0.15, 0.2) is 0 Å². The molecule has 2 heterocycles. The van der Waals surface area contributed by atoms with Gasteiger partial charge in [0.1, 0.15) is 10.7 Å². The summed E-state index contributed by atoms with van der Waals surface area (Å²) >= 11 is 1.55. The van der Waals surface area contributed by atoms with Gasteiger partial charge in [-0.15, -0.1) is 11.3 Å². The van der Waals surface area contributed by atoms with E-state index < -0.39 is 0 Å². The van der Waals surface area contributed by atoms with E-state index >= 15 is 0 Å². The van der Waals surface area contributed by atoms with E-state index in [1.165, 1.54) is 16.8 Å². The van der Waals surface area contributed by atoms with Crippen LogP contribution >= 0.6 is 11.3 Å². The normalized spacial score (nSPS) is 11.0. The van der Waals surface area contributed by atoms with Gasteiger partial charge in [-0.3, -0.25) is 9.59 Å². The summed E-state index contributed by atoms with van der Waals surface area (Å²) in [6, 6.07) is 22.8. The van der Waals surface area contributed by atoms with Crippen LogP contribution in [0.25, 0.3) is 27.2 Å². The van der Waals surface area contributed by atoms with Crippen molar-refractivity contribution in [2.24, 2.45) is 0 Å². The lowest BCUT2D eigenvalue weighted by Crippen LogP contribution is -2.31. The molecule has 32 heavy (non-hydrogen) atoms. The number of aryl methyl sites for hydroxylation is 1. The monoisotopic (exact) mass is 442 g/mol. The number of hydrogen-bond acceptors (Lipinski definition) is 5. The lowest BCUT2D eigenvalue weighted by Gasteiger charge is -2.07. The molecule has 2 aromatic heterocycles. The van der Waals surface area contributed by atoms with Gasteiger partial charge in [0, 0.05) is 24.3 Å². The summed E-state index contributed by atoms with van der Waals surface area (Å²) in [6.07, 6.45) is 3.23. The summed E-state index contributed by atoms with van der Waals surface area (Å²) in [4.78, 5) is 29.9. The highest BCUT2D eigenvalue weighted by Crippen LogP contribution is 2.33. The molecular formula is C25H22N4O2S. The van der Waals surface area contributed by atoms with Crippen molar-refractivity contribution in [3.63, 3.8) is 0 Å². The predicted molar refractivity (Wildman–Crippen MR) is 128 cm³/mol. The number of nitrogens with zero attached hydrogens (tertiary/aromatic N) is 3. The van der Waals surface area contributed by atoms with Crippen molar-refractivity contribution < 1.29 is 4.79 Å². The number of rotatable bonds is 7. The first-order valence-corrected chi connectivity index (χ1v) is 11.0. The van der Waals surface area contributed by atoms with Gasteiger partial charge in [-0.25, -0.2) is 9.67 Å². The second-order valence-electron chi connectivity index (χ2n) is 7.11. The van der Waals surface area contributed by atoms with E-state index in [0.29, 0.717) is 12.2 Å². The topological polar surface area (TPSA) is 76.9 Å². The first kappa shape index (κ1) is 21.4. The molecule has 0 spiro atoms. The SMILES string of the molecule is Cc1nc(-c2ccccc2)sc1-c1ccc(=O)n(CCNC(=O)C=Cc2ccccc2)n1. The number of carbonyl (C=O) groups is 1. The molecule has 2 aromatic carbocycles. The van der Waals surface area contributed by atoms with Crippen molar-refractivity contribution in [3.05, 3.63) is 100 Å². The Kier molecular flexibility index (Phi) is 6.67. The zero-order valence-electron chi connectivity index (χ0n) is 17.6.